The number of hydrogen-bond acceptors (Lipinski definition) is 0. The van der Waals surface area contributed by atoms with Crippen molar-refractivity contribution in [3.63, 3.8) is 0 Å². The molecule has 0 amide bonds. The van der Waals surface area contributed by atoms with Gasteiger partial charge in [0.15, 0.2) is 0 Å². The first kappa shape index (κ1) is 60.8. The third kappa shape index (κ3) is 8.20. The Bertz CT molecular complexity index is 7040. The van der Waals surface area contributed by atoms with Gasteiger partial charge in [-0.3, -0.25) is 0 Å². The van der Waals surface area contributed by atoms with E-state index in [0.29, 0.717) is 0 Å². The minimum atomic E-state index is -0.541. The van der Waals surface area contributed by atoms with E-state index in [0.717, 1.165) is 0 Å². The van der Waals surface area contributed by atoms with Crippen molar-refractivity contribution in [2.24, 2.45) is 0 Å². The van der Waals surface area contributed by atoms with Gasteiger partial charge in [0, 0.05) is 43.1 Å². The molecule has 0 saturated heterocycles. The van der Waals surface area contributed by atoms with E-state index in [2.05, 4.69) is 389 Å². The molecule has 4 aliphatic rings. The van der Waals surface area contributed by atoms with Crippen LogP contribution in [0.2, 0.25) is 0 Å². The molecule has 24 rings (SSSR count). The molecule has 4 aliphatic carbocycles. The van der Waals surface area contributed by atoms with Gasteiger partial charge in [0.25, 0.3) is 0 Å². The van der Waals surface area contributed by atoms with E-state index in [4.69, 9.17) is 0 Å². The molecule has 0 saturated carbocycles. The zero-order chi connectivity index (χ0) is 71.9. The Labute approximate surface area is 632 Å². The van der Waals surface area contributed by atoms with Crippen LogP contribution in [0.1, 0.15) is 72.2 Å². The molecule has 20 aromatic rings. The summed E-state index contributed by atoms with van der Waals surface area (Å²) in [6.45, 7) is 9.73. The molecule has 1 spiro atoms. The molecule has 0 N–H and O–H groups in total. The van der Waals surface area contributed by atoms with Gasteiger partial charge in [0.1, 0.15) is 0 Å². The van der Waals surface area contributed by atoms with Crippen LogP contribution in [0.4, 0.5) is 0 Å². The fourth-order valence-electron chi connectivity index (χ4n) is 21.0. The van der Waals surface area contributed by atoms with E-state index < -0.39 is 5.41 Å². The molecule has 0 unspecified atom stereocenters. The highest BCUT2D eigenvalue weighted by molar-refractivity contribution is 6.18. The molecule has 18 aromatic carbocycles. The number of para-hydroxylation sites is 2. The van der Waals surface area contributed by atoms with Crippen LogP contribution < -0.4 is 0 Å². The Hall–Kier alpha value is -13.4. The van der Waals surface area contributed by atoms with Crippen LogP contribution in [0.25, 0.3) is 187 Å². The van der Waals surface area contributed by atoms with Crippen LogP contribution in [0.15, 0.2) is 352 Å². The molecule has 0 radical (unpaired) electrons. The van der Waals surface area contributed by atoms with E-state index in [1.54, 1.807) is 0 Å². The van der Waals surface area contributed by atoms with Crippen LogP contribution in [0.5, 0.6) is 0 Å². The third-order valence-corrected chi connectivity index (χ3v) is 26.1. The van der Waals surface area contributed by atoms with Gasteiger partial charge in [0.05, 0.1) is 38.9 Å². The van der Waals surface area contributed by atoms with Crippen molar-refractivity contribution in [1.29, 1.82) is 0 Å². The summed E-state index contributed by atoms with van der Waals surface area (Å²) >= 11 is 0. The molecule has 2 nitrogen and oxygen atoms in total. The number of benzene rings is 18. The van der Waals surface area contributed by atoms with Crippen molar-refractivity contribution in [2.75, 3.05) is 0 Å². The van der Waals surface area contributed by atoms with Crippen molar-refractivity contribution in [3.8, 4) is 100 Å². The lowest BCUT2D eigenvalue weighted by atomic mass is 9.70. The van der Waals surface area contributed by atoms with Gasteiger partial charge in [-0.1, -0.05) is 295 Å². The molecule has 2 heteroatoms. The number of nitrogens with zero attached hydrogens (tertiary/aromatic N) is 2. The van der Waals surface area contributed by atoms with E-state index in [-0.39, 0.29) is 10.8 Å². The maximum absolute atomic E-state index is 2.56. The second-order valence-electron chi connectivity index (χ2n) is 32.1. The second-order valence-corrected chi connectivity index (χ2v) is 32.1. The normalized spacial score (nSPS) is 14.3. The molecule has 0 bridgehead atoms. The zero-order valence-electron chi connectivity index (χ0n) is 60.9. The van der Waals surface area contributed by atoms with E-state index >= 15 is 0 Å². The second kappa shape index (κ2) is 21.9. The van der Waals surface area contributed by atoms with Crippen molar-refractivity contribution in [1.82, 2.24) is 9.13 Å². The smallest absolute Gasteiger partial charge is 0.0725 e. The third-order valence-electron chi connectivity index (χ3n) is 26.1. The topological polar surface area (TPSA) is 9.86 Å². The fourth-order valence-corrected chi connectivity index (χ4v) is 21.0. The van der Waals surface area contributed by atoms with E-state index in [1.807, 2.05) is 0 Å². The van der Waals surface area contributed by atoms with Crippen LogP contribution >= 0.6 is 0 Å². The first-order chi connectivity index (χ1) is 53.5. The van der Waals surface area contributed by atoms with Crippen molar-refractivity contribution in [3.05, 3.63) is 396 Å². The van der Waals surface area contributed by atoms with Gasteiger partial charge in [-0.25, -0.2) is 0 Å². The summed E-state index contributed by atoms with van der Waals surface area (Å²) in [5, 5.41) is 15.1. The Morgan fingerprint density at radius 1 is 0.174 bits per heavy atom. The SMILES string of the molecule is CC1(C)c2cc(-c3ccc4c(c3)C3(c5ccccc5-c5ccccc53)c3cc(-c5ccc6c(c5)C(C)(C)c5cc(-c7ccc8c(c7)c7ccccc7n8-c7cc8ccccc8c8ccccc78)ccc5-6)ccc3-4)ccc2-c2ccc(-c3ccc4c(c3)c3ccccc3n4-c3cc4ccccc4c4ccccc34)cc21. The summed E-state index contributed by atoms with van der Waals surface area (Å²) < 4.78 is 4.98. The molecule has 0 fully saturated rings. The van der Waals surface area contributed by atoms with Gasteiger partial charge in [-0.2, -0.15) is 0 Å². The minimum Gasteiger partial charge on any atom is -0.309 e. The van der Waals surface area contributed by atoms with Gasteiger partial charge in [-0.15, -0.1) is 0 Å². The highest BCUT2D eigenvalue weighted by atomic mass is 15.0. The number of rotatable bonds is 6. The zero-order valence-corrected chi connectivity index (χ0v) is 60.9. The van der Waals surface area contributed by atoms with Crippen LogP contribution in [-0.2, 0) is 16.2 Å². The molecule has 0 atom stereocenters. The lowest BCUT2D eigenvalue weighted by molar-refractivity contribution is 0.660. The van der Waals surface area contributed by atoms with E-state index in [1.165, 1.54) is 232 Å². The molecular formula is C107H70N2. The summed E-state index contributed by atoms with van der Waals surface area (Å²) in [6, 6.07) is 135. The fraction of sp³-hybridized carbons (Fsp3) is 0.0654. The summed E-state index contributed by atoms with van der Waals surface area (Å²) in [5.74, 6) is 0. The van der Waals surface area contributed by atoms with Crippen molar-refractivity contribution < 1.29 is 0 Å². The predicted octanol–water partition coefficient (Wildman–Crippen LogP) is 28.1. The summed E-state index contributed by atoms with van der Waals surface area (Å²) in [4.78, 5) is 0. The quantitative estimate of drug-likeness (QED) is 0.147. The average Bonchev–Trinajstić information content (AvgIpc) is 1.51. The number of fused-ring (bicyclic) bond motifs is 28. The molecule has 2 aromatic heterocycles. The van der Waals surface area contributed by atoms with Gasteiger partial charge in [-0.05, 0) is 251 Å². The standard InChI is InChI=1S/C107H70N2/c1-105(2)93-55-65(63-43-51-101-89(53-63)87-31-15-19-35-99(87)108(101)103-61-71-21-5-7-23-73(71)75-25-9-11-29-85(75)103)37-45-79(93)81-47-39-67(57-95(81)105)69-41-49-83-84-50-42-70(60-98(84)107(97(83)59-69)91-33-17-13-27-77(91)78-28-14-18-34-92(78)107)68-40-48-82-80-46-38-66(56-94(80)106(3,4)96(82)58-68)64-44-52-102-90(54-64)88-32-16-20-36-100(88)109(102)104-62-72-22-6-8-24-74(72)76-26-10-12-30-86(76)104/h5-62H,1-4H3. The first-order valence-corrected chi connectivity index (χ1v) is 38.5. The highest BCUT2D eigenvalue weighted by Gasteiger charge is 2.52. The molecule has 109 heavy (non-hydrogen) atoms. The van der Waals surface area contributed by atoms with Crippen LogP contribution in [-0.4, -0.2) is 9.13 Å². The summed E-state index contributed by atoms with van der Waals surface area (Å²) in [5.41, 5.74) is 37.4. The van der Waals surface area contributed by atoms with Crippen LogP contribution in [0, 0.1) is 0 Å². The number of aromatic nitrogens is 2. The Balaban J connectivity index is 0.572. The molecule has 508 valence electrons. The van der Waals surface area contributed by atoms with E-state index in [9.17, 15) is 0 Å². The molecular weight excluding hydrogens is 1310 g/mol. The lowest BCUT2D eigenvalue weighted by Crippen LogP contribution is -2.26. The molecule has 0 aliphatic heterocycles. The number of hydrogen-bond donors (Lipinski definition) is 0. The Kier molecular flexibility index (Phi) is 12.2. The van der Waals surface area contributed by atoms with Gasteiger partial charge in [0.2, 0.25) is 0 Å². The van der Waals surface area contributed by atoms with Gasteiger partial charge >= 0.3 is 0 Å². The van der Waals surface area contributed by atoms with Crippen LogP contribution in [0.3, 0.4) is 0 Å². The highest BCUT2D eigenvalue weighted by Crippen LogP contribution is 2.64. The van der Waals surface area contributed by atoms with Gasteiger partial charge < -0.3 is 9.13 Å². The average molecular weight is 1380 g/mol. The summed E-state index contributed by atoms with van der Waals surface area (Å²) in [7, 11) is 0. The van der Waals surface area contributed by atoms with Crippen molar-refractivity contribution in [2.45, 2.75) is 43.9 Å². The van der Waals surface area contributed by atoms with Crippen molar-refractivity contribution >= 4 is 86.7 Å². The molecule has 2 heterocycles. The maximum Gasteiger partial charge on any atom is 0.0725 e. The first-order valence-electron chi connectivity index (χ1n) is 38.5. The summed E-state index contributed by atoms with van der Waals surface area (Å²) in [6.07, 6.45) is 0. The predicted molar refractivity (Wildman–Crippen MR) is 458 cm³/mol. The largest absolute Gasteiger partial charge is 0.309 e. The Morgan fingerprint density at radius 2 is 0.431 bits per heavy atom. The Morgan fingerprint density at radius 3 is 0.807 bits per heavy atom. The maximum atomic E-state index is 2.56. The monoisotopic (exact) mass is 1380 g/mol. The lowest BCUT2D eigenvalue weighted by Gasteiger charge is -2.31. The minimum absolute atomic E-state index is 0.253.